The van der Waals surface area contributed by atoms with Crippen molar-refractivity contribution in [1.29, 1.82) is 0 Å². The van der Waals surface area contributed by atoms with Gasteiger partial charge in [-0.15, -0.1) is 24.0 Å². The minimum atomic E-state index is 0. The molecule has 20 heavy (non-hydrogen) atoms. The molecular formula is C15H25IN4. The second-order valence-electron chi connectivity index (χ2n) is 5.19. The zero-order valence-electron chi connectivity index (χ0n) is 12.1. The van der Waals surface area contributed by atoms with Crippen LogP contribution in [0.4, 0.5) is 0 Å². The first-order valence-corrected chi connectivity index (χ1v) is 7.28. The highest BCUT2D eigenvalue weighted by atomic mass is 127. The van der Waals surface area contributed by atoms with E-state index in [1.807, 2.05) is 12.3 Å². The third kappa shape index (κ3) is 5.64. The van der Waals surface area contributed by atoms with E-state index < -0.39 is 0 Å². The maximum Gasteiger partial charge on any atom is 0.189 e. The molecule has 1 fully saturated rings. The van der Waals surface area contributed by atoms with Crippen molar-refractivity contribution in [2.24, 2.45) is 10.7 Å². The van der Waals surface area contributed by atoms with E-state index in [-0.39, 0.29) is 24.0 Å². The number of hydrogen-bond acceptors (Lipinski definition) is 2. The van der Waals surface area contributed by atoms with Gasteiger partial charge in [-0.2, -0.15) is 0 Å². The van der Waals surface area contributed by atoms with Gasteiger partial charge in [-0.1, -0.05) is 26.2 Å². The van der Waals surface area contributed by atoms with Crippen molar-refractivity contribution in [2.45, 2.75) is 58.0 Å². The monoisotopic (exact) mass is 388 g/mol. The topological polar surface area (TPSA) is 63.3 Å². The van der Waals surface area contributed by atoms with Gasteiger partial charge in [0.25, 0.3) is 0 Å². The Balaban J connectivity index is 0.00000200. The molecule has 4 nitrogen and oxygen atoms in total. The molecule has 1 aliphatic rings. The molecule has 0 bridgehead atoms. The van der Waals surface area contributed by atoms with E-state index in [1.54, 1.807) is 0 Å². The van der Waals surface area contributed by atoms with Crippen LogP contribution in [0.1, 0.15) is 50.3 Å². The zero-order chi connectivity index (χ0) is 13.5. The summed E-state index contributed by atoms with van der Waals surface area (Å²) < 4.78 is 0. The third-order valence-corrected chi connectivity index (χ3v) is 3.66. The lowest BCUT2D eigenvalue weighted by Gasteiger charge is -2.23. The Morgan fingerprint density at radius 1 is 1.40 bits per heavy atom. The first-order chi connectivity index (χ1) is 9.28. The highest BCUT2D eigenvalue weighted by Crippen LogP contribution is 2.17. The Morgan fingerprint density at radius 3 is 2.85 bits per heavy atom. The molecule has 0 aromatic carbocycles. The summed E-state index contributed by atoms with van der Waals surface area (Å²) in [5.74, 6) is 0.551. The van der Waals surface area contributed by atoms with Crippen LogP contribution in [0.2, 0.25) is 0 Å². The molecule has 112 valence electrons. The first kappa shape index (κ1) is 17.2. The molecule has 0 atom stereocenters. The second kappa shape index (κ2) is 9.15. The number of rotatable bonds is 4. The largest absolute Gasteiger partial charge is 0.370 e. The Hall–Kier alpha value is -0.850. The van der Waals surface area contributed by atoms with E-state index in [1.165, 1.54) is 37.7 Å². The van der Waals surface area contributed by atoms with Crippen molar-refractivity contribution in [3.05, 3.63) is 29.6 Å². The minimum Gasteiger partial charge on any atom is -0.370 e. The van der Waals surface area contributed by atoms with E-state index in [2.05, 4.69) is 28.3 Å². The normalized spacial score (nSPS) is 16.6. The molecule has 0 spiro atoms. The lowest BCUT2D eigenvalue weighted by molar-refractivity contribution is 0.412. The number of aryl methyl sites for hydroxylation is 1. The van der Waals surface area contributed by atoms with Crippen molar-refractivity contribution >= 4 is 29.9 Å². The fraction of sp³-hybridized carbons (Fsp3) is 0.600. The number of aromatic nitrogens is 1. The highest BCUT2D eigenvalue weighted by Gasteiger charge is 2.13. The first-order valence-electron chi connectivity index (χ1n) is 7.28. The maximum atomic E-state index is 5.93. The molecule has 1 aliphatic carbocycles. The Kier molecular flexibility index (Phi) is 7.87. The molecule has 0 saturated heterocycles. The molecular weight excluding hydrogens is 363 g/mol. The van der Waals surface area contributed by atoms with Crippen LogP contribution in [0.15, 0.2) is 23.3 Å². The van der Waals surface area contributed by atoms with Crippen LogP contribution in [-0.4, -0.2) is 17.0 Å². The van der Waals surface area contributed by atoms with E-state index in [0.29, 0.717) is 18.5 Å². The summed E-state index contributed by atoms with van der Waals surface area (Å²) in [4.78, 5) is 8.70. The van der Waals surface area contributed by atoms with Gasteiger partial charge in [-0.05, 0) is 37.0 Å². The van der Waals surface area contributed by atoms with Crippen molar-refractivity contribution in [3.63, 3.8) is 0 Å². The molecule has 0 radical (unpaired) electrons. The maximum absolute atomic E-state index is 5.93. The summed E-state index contributed by atoms with van der Waals surface area (Å²) in [5.41, 5.74) is 8.20. The summed E-state index contributed by atoms with van der Waals surface area (Å²) >= 11 is 0. The van der Waals surface area contributed by atoms with Gasteiger partial charge in [0, 0.05) is 12.2 Å². The molecule has 1 heterocycles. The van der Waals surface area contributed by atoms with E-state index in [9.17, 15) is 0 Å². The molecule has 1 saturated carbocycles. The summed E-state index contributed by atoms with van der Waals surface area (Å²) in [7, 11) is 0. The molecule has 5 heteroatoms. The summed E-state index contributed by atoms with van der Waals surface area (Å²) in [6.45, 7) is 2.70. The van der Waals surface area contributed by atoms with Crippen LogP contribution in [0, 0.1) is 0 Å². The van der Waals surface area contributed by atoms with Gasteiger partial charge >= 0.3 is 0 Å². The van der Waals surface area contributed by atoms with Crippen LogP contribution in [-0.2, 0) is 13.0 Å². The van der Waals surface area contributed by atoms with Gasteiger partial charge in [-0.25, -0.2) is 4.99 Å². The number of nitrogens with one attached hydrogen (secondary N) is 1. The van der Waals surface area contributed by atoms with Gasteiger partial charge in [0.05, 0.1) is 12.2 Å². The van der Waals surface area contributed by atoms with Crippen LogP contribution >= 0.6 is 24.0 Å². The van der Waals surface area contributed by atoms with Gasteiger partial charge < -0.3 is 11.1 Å². The third-order valence-electron chi connectivity index (χ3n) is 3.66. The minimum absolute atomic E-state index is 0. The van der Waals surface area contributed by atoms with Crippen LogP contribution in [0.25, 0.3) is 0 Å². The summed E-state index contributed by atoms with van der Waals surface area (Å²) in [5, 5.41) is 3.32. The summed E-state index contributed by atoms with van der Waals surface area (Å²) in [6, 6.07) is 4.64. The van der Waals surface area contributed by atoms with Crippen molar-refractivity contribution in [2.75, 3.05) is 0 Å². The molecule has 0 unspecified atom stereocenters. The molecule has 0 aliphatic heterocycles. The number of guanidine groups is 1. The van der Waals surface area contributed by atoms with Gasteiger partial charge in [0.15, 0.2) is 5.96 Å². The smallest absolute Gasteiger partial charge is 0.189 e. The predicted molar refractivity (Wildman–Crippen MR) is 94.4 cm³/mol. The van der Waals surface area contributed by atoms with Crippen molar-refractivity contribution in [1.82, 2.24) is 10.3 Å². The Labute approximate surface area is 138 Å². The zero-order valence-corrected chi connectivity index (χ0v) is 14.5. The fourth-order valence-corrected chi connectivity index (χ4v) is 2.50. The average Bonchev–Trinajstić information content (AvgIpc) is 2.46. The van der Waals surface area contributed by atoms with E-state index in [4.69, 9.17) is 5.73 Å². The Bertz CT molecular complexity index is 428. The number of pyridine rings is 1. The van der Waals surface area contributed by atoms with Crippen molar-refractivity contribution in [3.8, 4) is 0 Å². The average molecular weight is 388 g/mol. The van der Waals surface area contributed by atoms with Crippen molar-refractivity contribution < 1.29 is 0 Å². The van der Waals surface area contributed by atoms with Gasteiger partial charge in [0.2, 0.25) is 0 Å². The molecule has 2 rings (SSSR count). The number of aliphatic imine (C=N–C) groups is 1. The number of nitrogens with zero attached hydrogens (tertiary/aromatic N) is 2. The Morgan fingerprint density at radius 2 is 2.15 bits per heavy atom. The molecule has 3 N–H and O–H groups in total. The van der Waals surface area contributed by atoms with Crippen LogP contribution in [0.5, 0.6) is 0 Å². The molecule has 0 amide bonds. The van der Waals surface area contributed by atoms with E-state index in [0.717, 1.165) is 12.1 Å². The predicted octanol–water partition coefficient (Wildman–Crippen LogP) is 3.00. The highest BCUT2D eigenvalue weighted by molar-refractivity contribution is 14.0. The molecule has 1 aromatic heterocycles. The lowest BCUT2D eigenvalue weighted by Crippen LogP contribution is -2.41. The van der Waals surface area contributed by atoms with Gasteiger partial charge in [0.1, 0.15) is 0 Å². The quantitative estimate of drug-likeness (QED) is 0.474. The second-order valence-corrected chi connectivity index (χ2v) is 5.19. The molecule has 1 aromatic rings. The van der Waals surface area contributed by atoms with Gasteiger partial charge in [-0.3, -0.25) is 4.98 Å². The van der Waals surface area contributed by atoms with Crippen LogP contribution < -0.4 is 11.1 Å². The number of hydrogen-bond donors (Lipinski definition) is 2. The lowest BCUT2D eigenvalue weighted by atomic mass is 9.96. The number of halogens is 1. The van der Waals surface area contributed by atoms with Crippen LogP contribution in [0.3, 0.4) is 0 Å². The van der Waals surface area contributed by atoms with E-state index >= 15 is 0 Å². The SMILES string of the molecule is CCc1ccnc(CN=C(N)NC2CCCCC2)c1.I. The fourth-order valence-electron chi connectivity index (χ4n) is 2.50. The summed E-state index contributed by atoms with van der Waals surface area (Å²) in [6.07, 6.45) is 9.22. The standard InChI is InChI=1S/C15H24N4.HI/c1-2-12-8-9-17-14(10-12)11-18-15(16)19-13-6-4-3-5-7-13;/h8-10,13H,2-7,11H2,1H3,(H3,16,18,19);1H. The number of nitrogens with two attached hydrogens (primary N) is 1.